The molecule has 5 nitrogen and oxygen atoms in total. The van der Waals surface area contributed by atoms with Gasteiger partial charge in [-0.3, -0.25) is 4.79 Å². The number of hydrogen-bond acceptors (Lipinski definition) is 3. The predicted octanol–water partition coefficient (Wildman–Crippen LogP) is 4.12. The van der Waals surface area contributed by atoms with Gasteiger partial charge in [0.2, 0.25) is 5.91 Å². The maximum absolute atomic E-state index is 12.0. The molecule has 146 valence electrons. The maximum atomic E-state index is 12.0. The lowest BCUT2D eigenvalue weighted by atomic mass is 10.0. The Morgan fingerprint density at radius 1 is 1.11 bits per heavy atom. The zero-order chi connectivity index (χ0) is 19.8. The molecular formula is C23H27N3O2. The Bertz CT molecular complexity index is 854. The minimum atomic E-state index is 0.00645. The summed E-state index contributed by atoms with van der Waals surface area (Å²) in [6, 6.07) is 18.1. The monoisotopic (exact) mass is 377 g/mol. The Morgan fingerprint density at radius 3 is 2.50 bits per heavy atom. The molecule has 1 N–H and O–H groups in total. The fraction of sp³-hybridized carbons (Fsp3) is 0.304. The number of aromatic nitrogens is 2. The molecule has 1 amide bonds. The number of benzene rings is 2. The normalized spacial score (nSPS) is 10.8. The van der Waals surface area contributed by atoms with Crippen molar-refractivity contribution in [1.29, 1.82) is 0 Å². The number of rotatable bonds is 9. The second kappa shape index (κ2) is 9.74. The smallest absolute Gasteiger partial charge is 0.223 e. The number of carbonyl (C=O) groups is 1. The predicted molar refractivity (Wildman–Crippen MR) is 111 cm³/mol. The van der Waals surface area contributed by atoms with Gasteiger partial charge in [-0.2, -0.15) is 5.10 Å². The van der Waals surface area contributed by atoms with Crippen LogP contribution in [-0.4, -0.2) is 28.8 Å². The lowest BCUT2D eigenvalue weighted by molar-refractivity contribution is -0.121. The standard InChI is InChI=1S/C23H27N3O2/c1-18(2)20-6-10-22(11-7-20)28-17-13-23(27)24-15-12-19-4-8-21(9-5-19)26-16-3-14-25-26/h3-11,14,16,18H,12-13,15,17H2,1-2H3,(H,24,27). The van der Waals surface area contributed by atoms with Crippen molar-refractivity contribution in [3.8, 4) is 11.4 Å². The molecule has 0 saturated carbocycles. The van der Waals surface area contributed by atoms with Crippen molar-refractivity contribution in [2.75, 3.05) is 13.2 Å². The van der Waals surface area contributed by atoms with Crippen molar-refractivity contribution in [2.24, 2.45) is 0 Å². The first-order valence-electron chi connectivity index (χ1n) is 9.70. The average molecular weight is 377 g/mol. The van der Waals surface area contributed by atoms with E-state index in [1.807, 2.05) is 41.2 Å². The fourth-order valence-corrected chi connectivity index (χ4v) is 2.88. The minimum absolute atomic E-state index is 0.00645. The van der Waals surface area contributed by atoms with Gasteiger partial charge in [0.1, 0.15) is 5.75 Å². The van der Waals surface area contributed by atoms with E-state index in [2.05, 4.69) is 48.5 Å². The van der Waals surface area contributed by atoms with Crippen LogP contribution < -0.4 is 10.1 Å². The van der Waals surface area contributed by atoms with Crippen LogP contribution in [0.15, 0.2) is 67.0 Å². The van der Waals surface area contributed by atoms with Crippen molar-refractivity contribution in [3.05, 3.63) is 78.1 Å². The van der Waals surface area contributed by atoms with Crippen LogP contribution in [0.4, 0.5) is 0 Å². The minimum Gasteiger partial charge on any atom is -0.493 e. The number of nitrogens with zero attached hydrogens (tertiary/aromatic N) is 2. The molecule has 0 bridgehead atoms. The van der Waals surface area contributed by atoms with Gasteiger partial charge >= 0.3 is 0 Å². The van der Waals surface area contributed by atoms with E-state index in [1.54, 1.807) is 6.20 Å². The van der Waals surface area contributed by atoms with E-state index in [0.29, 0.717) is 25.5 Å². The zero-order valence-electron chi connectivity index (χ0n) is 16.5. The molecule has 0 saturated heterocycles. The second-order valence-electron chi connectivity index (χ2n) is 7.04. The summed E-state index contributed by atoms with van der Waals surface area (Å²) in [4.78, 5) is 12.0. The van der Waals surface area contributed by atoms with Crippen molar-refractivity contribution >= 4 is 5.91 Å². The highest BCUT2D eigenvalue weighted by molar-refractivity contribution is 5.76. The molecule has 0 radical (unpaired) electrons. The number of amides is 1. The third kappa shape index (κ3) is 5.71. The summed E-state index contributed by atoms with van der Waals surface area (Å²) in [5.74, 6) is 1.31. The molecule has 2 aromatic carbocycles. The lowest BCUT2D eigenvalue weighted by Gasteiger charge is -2.09. The second-order valence-corrected chi connectivity index (χ2v) is 7.04. The van der Waals surface area contributed by atoms with Crippen LogP contribution in [0.3, 0.4) is 0 Å². The Hall–Kier alpha value is -3.08. The molecule has 1 aromatic heterocycles. The van der Waals surface area contributed by atoms with Crippen LogP contribution in [0.1, 0.15) is 37.3 Å². The van der Waals surface area contributed by atoms with Gasteiger partial charge in [-0.05, 0) is 53.8 Å². The summed E-state index contributed by atoms with van der Waals surface area (Å²) in [7, 11) is 0. The van der Waals surface area contributed by atoms with Gasteiger partial charge < -0.3 is 10.1 Å². The summed E-state index contributed by atoms with van der Waals surface area (Å²) < 4.78 is 7.48. The van der Waals surface area contributed by atoms with Crippen molar-refractivity contribution in [2.45, 2.75) is 32.6 Å². The van der Waals surface area contributed by atoms with Crippen molar-refractivity contribution < 1.29 is 9.53 Å². The summed E-state index contributed by atoms with van der Waals surface area (Å²) >= 11 is 0. The van der Waals surface area contributed by atoms with Crippen LogP contribution >= 0.6 is 0 Å². The maximum Gasteiger partial charge on any atom is 0.223 e. The van der Waals surface area contributed by atoms with Gasteiger partial charge in [-0.15, -0.1) is 0 Å². The molecule has 0 spiro atoms. The molecule has 3 aromatic rings. The first kappa shape index (κ1) is 19.7. The van der Waals surface area contributed by atoms with E-state index < -0.39 is 0 Å². The Labute approximate surface area is 166 Å². The van der Waals surface area contributed by atoms with Crippen LogP contribution in [0.2, 0.25) is 0 Å². The third-order valence-electron chi connectivity index (χ3n) is 4.59. The topological polar surface area (TPSA) is 56.1 Å². The zero-order valence-corrected chi connectivity index (χ0v) is 16.5. The highest BCUT2D eigenvalue weighted by Crippen LogP contribution is 2.18. The SMILES string of the molecule is CC(C)c1ccc(OCCC(=O)NCCc2ccc(-n3cccn3)cc2)cc1. The number of hydrogen-bond donors (Lipinski definition) is 1. The van der Waals surface area contributed by atoms with E-state index in [1.165, 1.54) is 11.1 Å². The Morgan fingerprint density at radius 2 is 1.86 bits per heavy atom. The van der Waals surface area contributed by atoms with Gasteiger partial charge in [0.25, 0.3) is 0 Å². The molecule has 5 heteroatoms. The number of carbonyl (C=O) groups excluding carboxylic acids is 1. The van der Waals surface area contributed by atoms with Gasteiger partial charge in [0.05, 0.1) is 18.7 Å². The highest BCUT2D eigenvalue weighted by atomic mass is 16.5. The molecule has 0 atom stereocenters. The van der Waals surface area contributed by atoms with Gasteiger partial charge in [0, 0.05) is 18.9 Å². The van der Waals surface area contributed by atoms with E-state index in [-0.39, 0.29) is 5.91 Å². The quantitative estimate of drug-likeness (QED) is 0.610. The van der Waals surface area contributed by atoms with E-state index >= 15 is 0 Å². The summed E-state index contributed by atoms with van der Waals surface area (Å²) in [6.45, 7) is 5.32. The first-order valence-corrected chi connectivity index (χ1v) is 9.70. The van der Waals surface area contributed by atoms with E-state index in [0.717, 1.165) is 17.9 Å². The molecule has 3 rings (SSSR count). The van der Waals surface area contributed by atoms with Gasteiger partial charge in [-0.1, -0.05) is 38.1 Å². The average Bonchev–Trinajstić information content (AvgIpc) is 3.24. The fourth-order valence-electron chi connectivity index (χ4n) is 2.88. The number of ether oxygens (including phenoxy) is 1. The molecule has 0 fully saturated rings. The van der Waals surface area contributed by atoms with Gasteiger partial charge in [-0.25, -0.2) is 4.68 Å². The molecule has 0 aliphatic carbocycles. The Kier molecular flexibility index (Phi) is 6.84. The Balaban J connectivity index is 1.34. The molecule has 0 aliphatic rings. The molecule has 1 heterocycles. The van der Waals surface area contributed by atoms with Crippen LogP contribution in [0, 0.1) is 0 Å². The lowest BCUT2D eigenvalue weighted by Crippen LogP contribution is -2.27. The molecular weight excluding hydrogens is 350 g/mol. The summed E-state index contributed by atoms with van der Waals surface area (Å²) in [5, 5.41) is 7.16. The molecule has 28 heavy (non-hydrogen) atoms. The van der Waals surface area contributed by atoms with Crippen LogP contribution in [-0.2, 0) is 11.2 Å². The van der Waals surface area contributed by atoms with Crippen molar-refractivity contribution in [1.82, 2.24) is 15.1 Å². The van der Waals surface area contributed by atoms with Crippen LogP contribution in [0.5, 0.6) is 5.75 Å². The summed E-state index contributed by atoms with van der Waals surface area (Å²) in [5.41, 5.74) is 3.48. The summed E-state index contributed by atoms with van der Waals surface area (Å²) in [6.07, 6.45) is 4.82. The van der Waals surface area contributed by atoms with Crippen LogP contribution in [0.25, 0.3) is 5.69 Å². The third-order valence-corrected chi connectivity index (χ3v) is 4.59. The number of nitrogens with one attached hydrogen (secondary N) is 1. The first-order chi connectivity index (χ1) is 13.6. The van der Waals surface area contributed by atoms with E-state index in [9.17, 15) is 4.79 Å². The molecule has 0 aliphatic heterocycles. The molecule has 0 unspecified atom stereocenters. The van der Waals surface area contributed by atoms with Gasteiger partial charge in [0.15, 0.2) is 0 Å². The van der Waals surface area contributed by atoms with E-state index in [4.69, 9.17) is 4.74 Å². The highest BCUT2D eigenvalue weighted by Gasteiger charge is 2.04. The largest absolute Gasteiger partial charge is 0.493 e. The van der Waals surface area contributed by atoms with Crippen molar-refractivity contribution in [3.63, 3.8) is 0 Å².